The van der Waals surface area contributed by atoms with E-state index in [-0.39, 0.29) is 0 Å². The summed E-state index contributed by atoms with van der Waals surface area (Å²) < 4.78 is 2.02. The molecule has 0 aliphatic heterocycles. The average Bonchev–Trinajstić information content (AvgIpc) is 2.91. The third kappa shape index (κ3) is 3.22. The van der Waals surface area contributed by atoms with Gasteiger partial charge in [-0.15, -0.1) is 11.3 Å². The molecule has 2 aromatic rings. The highest BCUT2D eigenvalue weighted by Crippen LogP contribution is 2.31. The molecule has 0 bridgehead atoms. The molecule has 0 aliphatic carbocycles. The molecule has 0 aliphatic rings. The molecule has 0 unspecified atom stereocenters. The quantitative estimate of drug-likeness (QED) is 0.913. The molecule has 0 saturated carbocycles. The van der Waals surface area contributed by atoms with Gasteiger partial charge in [0.15, 0.2) is 0 Å². The van der Waals surface area contributed by atoms with E-state index in [0.29, 0.717) is 12.0 Å². The van der Waals surface area contributed by atoms with Crippen molar-refractivity contribution in [3.05, 3.63) is 23.1 Å². The maximum Gasteiger partial charge on any atom is 0.142 e. The third-order valence-electron chi connectivity index (χ3n) is 2.98. The fourth-order valence-corrected chi connectivity index (χ4v) is 3.13. The van der Waals surface area contributed by atoms with Gasteiger partial charge in [0.2, 0.25) is 0 Å². The monoisotopic (exact) mass is 278 g/mol. The summed E-state index contributed by atoms with van der Waals surface area (Å²) in [5.74, 6) is 0.446. The number of hydrogen-bond donors (Lipinski definition) is 1. The number of thiazole rings is 1. The number of imidazole rings is 1. The van der Waals surface area contributed by atoms with Crippen LogP contribution in [-0.2, 0) is 13.6 Å². The molecule has 0 fully saturated rings. The molecular weight excluding hydrogens is 256 g/mol. The Bertz CT molecular complexity index is 539. The van der Waals surface area contributed by atoms with Crippen LogP contribution in [0.4, 0.5) is 0 Å². The second-order valence-electron chi connectivity index (χ2n) is 5.41. The van der Waals surface area contributed by atoms with Crippen LogP contribution in [0.15, 0.2) is 12.5 Å². The number of nitrogens with one attached hydrogen (secondary N) is 1. The Labute approximate surface area is 118 Å². The summed E-state index contributed by atoms with van der Waals surface area (Å²) in [6.07, 6.45) is 3.69. The molecule has 0 atom stereocenters. The van der Waals surface area contributed by atoms with Crippen molar-refractivity contribution < 1.29 is 0 Å². The topological polar surface area (TPSA) is 42.7 Å². The van der Waals surface area contributed by atoms with E-state index < -0.39 is 0 Å². The molecule has 2 rings (SSSR count). The maximum atomic E-state index is 4.81. The van der Waals surface area contributed by atoms with Crippen LogP contribution in [-0.4, -0.2) is 20.6 Å². The minimum absolute atomic E-state index is 0.446. The highest BCUT2D eigenvalue weighted by atomic mass is 32.1. The highest BCUT2D eigenvalue weighted by Gasteiger charge is 2.16. The van der Waals surface area contributed by atoms with Crippen LogP contribution in [0.25, 0.3) is 10.7 Å². The summed E-state index contributed by atoms with van der Waals surface area (Å²) in [5.41, 5.74) is 2.29. The van der Waals surface area contributed by atoms with Crippen molar-refractivity contribution in [2.75, 3.05) is 0 Å². The summed E-state index contributed by atoms with van der Waals surface area (Å²) in [6, 6.07) is 0.488. The van der Waals surface area contributed by atoms with E-state index in [4.69, 9.17) is 4.98 Å². The van der Waals surface area contributed by atoms with Gasteiger partial charge >= 0.3 is 0 Å². The van der Waals surface area contributed by atoms with Gasteiger partial charge in [0, 0.05) is 24.5 Å². The molecule has 5 heteroatoms. The van der Waals surface area contributed by atoms with Gasteiger partial charge in [-0.3, -0.25) is 0 Å². The van der Waals surface area contributed by atoms with E-state index in [2.05, 4.69) is 38.0 Å². The molecule has 104 valence electrons. The standard InChI is InChI=1S/C14H22N4S/c1-9(2)13-12(7-16-10(3)4)19-14(17-13)11-6-15-8-18(11)5/h6,8-10,16H,7H2,1-5H3. The van der Waals surface area contributed by atoms with Gasteiger partial charge < -0.3 is 9.88 Å². The normalized spacial score (nSPS) is 11.7. The minimum atomic E-state index is 0.446. The molecule has 19 heavy (non-hydrogen) atoms. The molecule has 0 spiro atoms. The van der Waals surface area contributed by atoms with E-state index in [1.807, 2.05) is 24.1 Å². The van der Waals surface area contributed by atoms with Crippen molar-refractivity contribution in [2.45, 2.75) is 46.2 Å². The Balaban J connectivity index is 2.32. The minimum Gasteiger partial charge on any atom is -0.332 e. The number of aryl methyl sites for hydroxylation is 1. The molecule has 0 amide bonds. The summed E-state index contributed by atoms with van der Waals surface area (Å²) in [7, 11) is 2.00. The van der Waals surface area contributed by atoms with Crippen LogP contribution in [0.3, 0.4) is 0 Å². The molecule has 4 nitrogen and oxygen atoms in total. The van der Waals surface area contributed by atoms with Gasteiger partial charge in [-0.2, -0.15) is 0 Å². The predicted octanol–water partition coefficient (Wildman–Crippen LogP) is 3.17. The zero-order chi connectivity index (χ0) is 14.0. The average molecular weight is 278 g/mol. The largest absolute Gasteiger partial charge is 0.332 e. The lowest BCUT2D eigenvalue weighted by Crippen LogP contribution is -2.22. The number of nitrogens with zero attached hydrogens (tertiary/aromatic N) is 3. The molecule has 0 aromatic carbocycles. The first-order valence-corrected chi connectivity index (χ1v) is 7.50. The second-order valence-corrected chi connectivity index (χ2v) is 6.49. The lowest BCUT2D eigenvalue weighted by Gasteiger charge is -2.09. The van der Waals surface area contributed by atoms with Gasteiger partial charge in [-0.25, -0.2) is 9.97 Å². The fraction of sp³-hybridized carbons (Fsp3) is 0.571. The Morgan fingerprint density at radius 1 is 1.32 bits per heavy atom. The van der Waals surface area contributed by atoms with Crippen molar-refractivity contribution in [3.63, 3.8) is 0 Å². The first-order chi connectivity index (χ1) is 8.99. The van der Waals surface area contributed by atoms with Crippen molar-refractivity contribution in [1.29, 1.82) is 0 Å². The molecule has 1 N–H and O–H groups in total. The summed E-state index contributed by atoms with van der Waals surface area (Å²) in [6.45, 7) is 9.61. The zero-order valence-electron chi connectivity index (χ0n) is 12.3. The maximum absolute atomic E-state index is 4.81. The fourth-order valence-electron chi connectivity index (χ4n) is 1.91. The third-order valence-corrected chi connectivity index (χ3v) is 4.07. The number of aromatic nitrogens is 3. The lowest BCUT2D eigenvalue weighted by molar-refractivity contribution is 0.588. The van der Waals surface area contributed by atoms with Crippen LogP contribution in [0, 0.1) is 0 Å². The highest BCUT2D eigenvalue weighted by molar-refractivity contribution is 7.15. The molecule has 0 radical (unpaired) electrons. The van der Waals surface area contributed by atoms with E-state index >= 15 is 0 Å². The van der Waals surface area contributed by atoms with E-state index in [1.165, 1.54) is 10.6 Å². The van der Waals surface area contributed by atoms with Crippen molar-refractivity contribution in [3.8, 4) is 10.7 Å². The van der Waals surface area contributed by atoms with Gasteiger partial charge in [-0.05, 0) is 5.92 Å². The van der Waals surface area contributed by atoms with Crippen molar-refractivity contribution in [1.82, 2.24) is 19.9 Å². The lowest BCUT2D eigenvalue weighted by atomic mass is 10.1. The van der Waals surface area contributed by atoms with Gasteiger partial charge in [0.05, 0.1) is 23.9 Å². The molecular formula is C14H22N4S. The smallest absolute Gasteiger partial charge is 0.142 e. The molecule has 2 heterocycles. The number of hydrogen-bond acceptors (Lipinski definition) is 4. The zero-order valence-corrected chi connectivity index (χ0v) is 13.1. The Hall–Kier alpha value is -1.20. The Morgan fingerprint density at radius 2 is 2.05 bits per heavy atom. The second kappa shape index (κ2) is 5.84. The van der Waals surface area contributed by atoms with Gasteiger partial charge in [-0.1, -0.05) is 27.7 Å². The summed E-state index contributed by atoms with van der Waals surface area (Å²) in [4.78, 5) is 10.3. The van der Waals surface area contributed by atoms with Gasteiger partial charge in [0.1, 0.15) is 5.01 Å². The summed E-state index contributed by atoms with van der Waals surface area (Å²) in [5, 5.41) is 4.54. The Kier molecular flexibility index (Phi) is 4.37. The van der Waals surface area contributed by atoms with Crippen LogP contribution < -0.4 is 5.32 Å². The van der Waals surface area contributed by atoms with Crippen LogP contribution >= 0.6 is 11.3 Å². The van der Waals surface area contributed by atoms with Crippen LogP contribution in [0.5, 0.6) is 0 Å². The SMILES string of the molecule is CC(C)NCc1sc(-c2cncn2C)nc1C(C)C. The molecule has 0 saturated heterocycles. The molecule has 2 aromatic heterocycles. The van der Waals surface area contributed by atoms with Crippen molar-refractivity contribution >= 4 is 11.3 Å². The van der Waals surface area contributed by atoms with E-state index in [1.54, 1.807) is 11.3 Å². The predicted molar refractivity (Wildman–Crippen MR) is 80.4 cm³/mol. The van der Waals surface area contributed by atoms with Crippen LogP contribution in [0.2, 0.25) is 0 Å². The van der Waals surface area contributed by atoms with E-state index in [9.17, 15) is 0 Å². The van der Waals surface area contributed by atoms with Gasteiger partial charge in [0.25, 0.3) is 0 Å². The summed E-state index contributed by atoms with van der Waals surface area (Å²) >= 11 is 1.77. The first kappa shape index (κ1) is 14.2. The Morgan fingerprint density at radius 3 is 2.58 bits per heavy atom. The number of rotatable bonds is 5. The first-order valence-electron chi connectivity index (χ1n) is 6.68. The van der Waals surface area contributed by atoms with E-state index in [0.717, 1.165) is 17.2 Å². The van der Waals surface area contributed by atoms with Crippen molar-refractivity contribution in [2.24, 2.45) is 7.05 Å². The van der Waals surface area contributed by atoms with Crippen LogP contribution in [0.1, 0.15) is 44.2 Å².